The number of nitrogens with zero attached hydrogens (tertiary/aromatic N) is 1. The average Bonchev–Trinajstić information content (AvgIpc) is 2.26. The summed E-state index contributed by atoms with van der Waals surface area (Å²) in [5.41, 5.74) is 0.00583. The fourth-order valence-electron chi connectivity index (χ4n) is 1.90. The summed E-state index contributed by atoms with van der Waals surface area (Å²) in [4.78, 5) is 0. The Morgan fingerprint density at radius 2 is 1.67 bits per heavy atom. The molecule has 0 saturated heterocycles. The lowest BCUT2D eigenvalue weighted by molar-refractivity contribution is 0.219. The second-order valence-corrected chi connectivity index (χ2v) is 7.97. The van der Waals surface area contributed by atoms with Crippen molar-refractivity contribution in [1.29, 1.82) is 0 Å². The van der Waals surface area contributed by atoms with E-state index in [9.17, 15) is 8.42 Å². The van der Waals surface area contributed by atoms with Gasteiger partial charge in [0.15, 0.2) is 0 Å². The van der Waals surface area contributed by atoms with Crippen LogP contribution in [0.3, 0.4) is 0 Å². The maximum absolute atomic E-state index is 12.3. The molecule has 0 aliphatic carbocycles. The lowest BCUT2D eigenvalue weighted by Crippen LogP contribution is -2.43. The first kappa shape index (κ1) is 17.9. The van der Waals surface area contributed by atoms with Crippen molar-refractivity contribution in [2.24, 2.45) is 5.41 Å². The molecule has 0 atom stereocenters. The van der Waals surface area contributed by atoms with Crippen LogP contribution in [0.1, 0.15) is 53.9 Å². The highest BCUT2D eigenvalue weighted by Gasteiger charge is 2.28. The van der Waals surface area contributed by atoms with Gasteiger partial charge in [0.05, 0.1) is 12.4 Å². The normalized spacial score (nSPS) is 13.6. The summed E-state index contributed by atoms with van der Waals surface area (Å²) < 4.78 is 26.2. The highest BCUT2D eigenvalue weighted by molar-refractivity contribution is 7.89. The van der Waals surface area contributed by atoms with Crippen LogP contribution in [0.2, 0.25) is 0 Å². The van der Waals surface area contributed by atoms with E-state index in [0.29, 0.717) is 6.42 Å². The third-order valence-corrected chi connectivity index (χ3v) is 5.05. The highest BCUT2D eigenvalue weighted by atomic mass is 32.2. The van der Waals surface area contributed by atoms with Crippen LogP contribution < -0.4 is 0 Å². The van der Waals surface area contributed by atoms with Crippen LogP contribution in [-0.2, 0) is 10.0 Å². The molecule has 18 heavy (non-hydrogen) atoms. The summed E-state index contributed by atoms with van der Waals surface area (Å²) >= 11 is 0. The van der Waals surface area contributed by atoms with Crippen LogP contribution in [0.5, 0.6) is 0 Å². The summed E-state index contributed by atoms with van der Waals surface area (Å²) in [7, 11) is -3.27. The first-order chi connectivity index (χ1) is 8.18. The van der Waals surface area contributed by atoms with Gasteiger partial charge in [-0.05, 0) is 24.7 Å². The molecule has 0 aromatic carbocycles. The standard InChI is InChI=1S/C13H29NO3S/c1-6-12(7-2)14(9-10-15)18(16,17)11-8-13(3,4)5/h12,15H,6-11H2,1-5H3. The fourth-order valence-corrected chi connectivity index (χ4v) is 4.11. The number of rotatable bonds is 8. The van der Waals surface area contributed by atoms with Crippen molar-refractivity contribution in [2.75, 3.05) is 18.9 Å². The molecule has 1 N–H and O–H groups in total. The summed E-state index contributed by atoms with van der Waals surface area (Å²) in [5, 5.41) is 9.06. The van der Waals surface area contributed by atoms with Gasteiger partial charge >= 0.3 is 0 Å². The lowest BCUT2D eigenvalue weighted by Gasteiger charge is -2.30. The number of aliphatic hydroxyl groups is 1. The zero-order valence-electron chi connectivity index (χ0n) is 12.4. The van der Waals surface area contributed by atoms with Gasteiger partial charge < -0.3 is 5.11 Å². The van der Waals surface area contributed by atoms with Crippen LogP contribution >= 0.6 is 0 Å². The molecule has 0 bridgehead atoms. The number of aliphatic hydroxyl groups excluding tert-OH is 1. The van der Waals surface area contributed by atoms with E-state index in [0.717, 1.165) is 12.8 Å². The highest BCUT2D eigenvalue weighted by Crippen LogP contribution is 2.22. The van der Waals surface area contributed by atoms with Crippen LogP contribution in [0.25, 0.3) is 0 Å². The molecule has 0 heterocycles. The average molecular weight is 279 g/mol. The topological polar surface area (TPSA) is 57.6 Å². The first-order valence-electron chi connectivity index (χ1n) is 6.78. The smallest absolute Gasteiger partial charge is 0.214 e. The molecule has 0 aliphatic rings. The van der Waals surface area contributed by atoms with Crippen LogP contribution in [0.4, 0.5) is 0 Å². The quantitative estimate of drug-likeness (QED) is 0.741. The second kappa shape index (κ2) is 7.46. The van der Waals surface area contributed by atoms with Crippen molar-refractivity contribution < 1.29 is 13.5 Å². The molecule has 0 saturated carbocycles. The molecule has 110 valence electrons. The van der Waals surface area contributed by atoms with Crippen LogP contribution in [0.15, 0.2) is 0 Å². The predicted octanol–water partition coefficient (Wildman–Crippen LogP) is 2.24. The number of sulfonamides is 1. The molecule has 4 nitrogen and oxygen atoms in total. The van der Waals surface area contributed by atoms with Gasteiger partial charge in [-0.3, -0.25) is 0 Å². The van der Waals surface area contributed by atoms with Crippen molar-refractivity contribution >= 4 is 10.0 Å². The summed E-state index contributed by atoms with van der Waals surface area (Å²) in [5.74, 6) is 0.160. The monoisotopic (exact) mass is 279 g/mol. The van der Waals surface area contributed by atoms with Gasteiger partial charge in [0.25, 0.3) is 0 Å². The van der Waals surface area contributed by atoms with Crippen molar-refractivity contribution in [3.8, 4) is 0 Å². The summed E-state index contributed by atoms with van der Waals surface area (Å²) in [6, 6.07) is 0.00196. The Balaban J connectivity index is 4.86. The van der Waals surface area contributed by atoms with Crippen molar-refractivity contribution in [1.82, 2.24) is 4.31 Å². The third kappa shape index (κ3) is 6.16. The van der Waals surface area contributed by atoms with Gasteiger partial charge in [0.2, 0.25) is 10.0 Å². The van der Waals surface area contributed by atoms with E-state index in [1.54, 1.807) is 0 Å². The Kier molecular flexibility index (Phi) is 7.40. The van der Waals surface area contributed by atoms with E-state index in [1.165, 1.54) is 4.31 Å². The lowest BCUT2D eigenvalue weighted by atomic mass is 9.94. The van der Waals surface area contributed by atoms with Gasteiger partial charge in [-0.25, -0.2) is 8.42 Å². The fraction of sp³-hybridized carbons (Fsp3) is 1.00. The molecule has 5 heteroatoms. The van der Waals surface area contributed by atoms with E-state index >= 15 is 0 Å². The molecule has 0 rings (SSSR count). The Labute approximate surface area is 112 Å². The minimum Gasteiger partial charge on any atom is -0.395 e. The van der Waals surface area contributed by atoms with Gasteiger partial charge in [-0.2, -0.15) is 4.31 Å². The minimum atomic E-state index is -3.27. The third-order valence-electron chi connectivity index (χ3n) is 3.14. The van der Waals surface area contributed by atoms with E-state index in [1.807, 2.05) is 34.6 Å². The molecular weight excluding hydrogens is 250 g/mol. The summed E-state index contributed by atoms with van der Waals surface area (Å²) in [6.07, 6.45) is 2.20. The molecule has 0 amide bonds. The molecule has 0 radical (unpaired) electrons. The van der Waals surface area contributed by atoms with Crippen molar-refractivity contribution in [3.63, 3.8) is 0 Å². The number of hydrogen-bond donors (Lipinski definition) is 1. The van der Waals surface area contributed by atoms with E-state index < -0.39 is 10.0 Å². The summed E-state index contributed by atoms with van der Waals surface area (Å²) in [6.45, 7) is 10.2. The molecular formula is C13H29NO3S. The molecule has 0 aromatic heterocycles. The second-order valence-electron chi connectivity index (χ2n) is 5.93. The molecule has 0 aromatic rings. The van der Waals surface area contributed by atoms with E-state index in [2.05, 4.69) is 0 Å². The first-order valence-corrected chi connectivity index (χ1v) is 8.39. The zero-order chi connectivity index (χ0) is 14.4. The molecule has 0 aliphatic heterocycles. The molecule has 0 spiro atoms. The van der Waals surface area contributed by atoms with Gasteiger partial charge in [-0.1, -0.05) is 34.6 Å². The van der Waals surface area contributed by atoms with Crippen molar-refractivity contribution in [3.05, 3.63) is 0 Å². The van der Waals surface area contributed by atoms with E-state index in [4.69, 9.17) is 5.11 Å². The van der Waals surface area contributed by atoms with Gasteiger partial charge in [0, 0.05) is 12.6 Å². The largest absolute Gasteiger partial charge is 0.395 e. The zero-order valence-corrected chi connectivity index (χ0v) is 13.3. The maximum atomic E-state index is 12.3. The van der Waals surface area contributed by atoms with E-state index in [-0.39, 0.29) is 30.4 Å². The van der Waals surface area contributed by atoms with Gasteiger partial charge in [0.1, 0.15) is 0 Å². The van der Waals surface area contributed by atoms with Gasteiger partial charge in [-0.15, -0.1) is 0 Å². The molecule has 0 fully saturated rings. The number of hydrogen-bond acceptors (Lipinski definition) is 3. The van der Waals surface area contributed by atoms with Crippen molar-refractivity contribution in [2.45, 2.75) is 59.9 Å². The SMILES string of the molecule is CCC(CC)N(CCO)S(=O)(=O)CCC(C)(C)C. The maximum Gasteiger partial charge on any atom is 0.214 e. The molecule has 0 unspecified atom stereocenters. The Hall–Kier alpha value is -0.130. The Bertz CT molecular complexity index is 316. The minimum absolute atomic E-state index is 0.00196. The van der Waals surface area contributed by atoms with Crippen LogP contribution in [-0.4, -0.2) is 42.8 Å². The van der Waals surface area contributed by atoms with Crippen LogP contribution in [0, 0.1) is 5.41 Å². The Morgan fingerprint density at radius 3 is 2.00 bits per heavy atom. The predicted molar refractivity (Wildman–Crippen MR) is 76.0 cm³/mol. The Morgan fingerprint density at radius 1 is 1.17 bits per heavy atom.